The Bertz CT molecular complexity index is 1030. The fourth-order valence-corrected chi connectivity index (χ4v) is 2.61. The second-order valence-electron chi connectivity index (χ2n) is 6.02. The number of anilines is 1. The number of alkyl halides is 6. The topological polar surface area (TPSA) is 73.0 Å². The van der Waals surface area contributed by atoms with Crippen molar-refractivity contribution in [1.29, 1.82) is 0 Å². The molecular formula is C17H12F6N4O2. The van der Waals surface area contributed by atoms with Gasteiger partial charge in [0.25, 0.3) is 5.91 Å². The molecule has 0 aliphatic heterocycles. The van der Waals surface area contributed by atoms with Crippen molar-refractivity contribution in [3.63, 3.8) is 0 Å². The van der Waals surface area contributed by atoms with E-state index in [1.54, 1.807) is 6.92 Å². The number of halogens is 6. The van der Waals surface area contributed by atoms with Gasteiger partial charge in [-0.3, -0.25) is 4.79 Å². The van der Waals surface area contributed by atoms with Gasteiger partial charge in [0.1, 0.15) is 17.0 Å². The molecule has 154 valence electrons. The van der Waals surface area contributed by atoms with Gasteiger partial charge in [0.05, 0.1) is 11.4 Å². The highest BCUT2D eigenvalue weighted by atomic mass is 19.4. The summed E-state index contributed by atoms with van der Waals surface area (Å²) in [7, 11) is 0. The summed E-state index contributed by atoms with van der Waals surface area (Å²) < 4.78 is 82.8. The van der Waals surface area contributed by atoms with Crippen LogP contribution in [-0.4, -0.2) is 20.8 Å². The van der Waals surface area contributed by atoms with Crippen LogP contribution in [0.5, 0.6) is 0 Å². The number of nitrogens with one attached hydrogen (secondary N) is 1. The lowest BCUT2D eigenvalue weighted by Crippen LogP contribution is -2.15. The Balaban J connectivity index is 1.91. The predicted molar refractivity (Wildman–Crippen MR) is 87.5 cm³/mol. The third kappa shape index (κ3) is 4.10. The number of rotatable bonds is 3. The molecule has 1 amide bonds. The van der Waals surface area contributed by atoms with E-state index in [9.17, 15) is 31.1 Å². The Labute approximate surface area is 159 Å². The Morgan fingerprint density at radius 3 is 2.14 bits per heavy atom. The Kier molecular flexibility index (Phi) is 4.89. The second kappa shape index (κ2) is 6.94. The summed E-state index contributed by atoms with van der Waals surface area (Å²) in [5.74, 6) is -0.272. The number of amides is 1. The molecule has 0 aliphatic rings. The summed E-state index contributed by atoms with van der Waals surface area (Å²) in [4.78, 5) is 12.3. The first kappa shape index (κ1) is 20.4. The fraction of sp³-hybridized carbons (Fsp3) is 0.235. The van der Waals surface area contributed by atoms with E-state index in [0.717, 1.165) is 12.1 Å². The molecule has 29 heavy (non-hydrogen) atoms. The summed E-state index contributed by atoms with van der Waals surface area (Å²) in [5, 5.41) is 9.19. The molecular weight excluding hydrogens is 406 g/mol. The maximum absolute atomic E-state index is 13.1. The molecule has 0 radical (unpaired) electrons. The molecule has 1 aromatic carbocycles. The van der Waals surface area contributed by atoms with Gasteiger partial charge in [-0.25, -0.2) is 4.68 Å². The van der Waals surface area contributed by atoms with Gasteiger partial charge in [-0.2, -0.15) is 31.4 Å². The van der Waals surface area contributed by atoms with Crippen LogP contribution >= 0.6 is 0 Å². The minimum Gasteiger partial charge on any atom is -0.361 e. The van der Waals surface area contributed by atoms with E-state index in [0.29, 0.717) is 5.69 Å². The molecule has 0 atom stereocenters. The molecule has 12 heteroatoms. The molecule has 0 aliphatic carbocycles. The van der Waals surface area contributed by atoms with Gasteiger partial charge in [0.2, 0.25) is 0 Å². The lowest BCUT2D eigenvalue weighted by molar-refractivity contribution is -0.143. The second-order valence-corrected chi connectivity index (χ2v) is 6.02. The Morgan fingerprint density at radius 1 is 1.03 bits per heavy atom. The smallest absolute Gasteiger partial charge is 0.361 e. The van der Waals surface area contributed by atoms with E-state index in [2.05, 4.69) is 15.6 Å². The van der Waals surface area contributed by atoms with Crippen LogP contribution in [0.25, 0.3) is 5.69 Å². The number of aromatic nitrogens is 3. The zero-order valence-corrected chi connectivity index (χ0v) is 14.8. The lowest BCUT2D eigenvalue weighted by Gasteiger charge is -2.11. The van der Waals surface area contributed by atoms with Gasteiger partial charge in [-0.15, -0.1) is 0 Å². The minimum atomic E-state index is -5.05. The number of aryl methyl sites for hydroxylation is 2. The molecule has 6 nitrogen and oxygen atoms in total. The van der Waals surface area contributed by atoms with E-state index in [1.807, 2.05) is 0 Å². The van der Waals surface area contributed by atoms with Crippen LogP contribution < -0.4 is 5.32 Å². The standard InChI is InChI=1S/C17H12F6N4O2/c1-8-14(9(2)29-26-8)15(28)24-10-3-5-11(6-4-10)27-13(17(21,22)23)7-12(25-27)16(18,19)20/h3-7H,1-2H3,(H,24,28). The molecule has 3 aromatic rings. The average Bonchev–Trinajstić information content (AvgIpc) is 3.19. The van der Waals surface area contributed by atoms with Crippen molar-refractivity contribution in [3.8, 4) is 5.69 Å². The van der Waals surface area contributed by atoms with Crippen LogP contribution in [0.4, 0.5) is 32.0 Å². The van der Waals surface area contributed by atoms with Gasteiger partial charge >= 0.3 is 12.4 Å². The maximum atomic E-state index is 13.1. The molecule has 2 aromatic heterocycles. The minimum absolute atomic E-state index is 0.0624. The van der Waals surface area contributed by atoms with Gasteiger partial charge in [-0.05, 0) is 38.1 Å². The first-order valence-electron chi connectivity index (χ1n) is 7.97. The van der Waals surface area contributed by atoms with Gasteiger partial charge in [-0.1, -0.05) is 5.16 Å². The predicted octanol–water partition coefficient (Wildman–Crippen LogP) is 4.77. The zero-order chi connectivity index (χ0) is 21.6. The summed E-state index contributed by atoms with van der Waals surface area (Å²) in [5.41, 5.74) is -2.74. The van der Waals surface area contributed by atoms with Crippen LogP contribution in [0.15, 0.2) is 34.9 Å². The Hall–Kier alpha value is -3.31. The quantitative estimate of drug-likeness (QED) is 0.622. The first-order valence-corrected chi connectivity index (χ1v) is 7.97. The fourth-order valence-electron chi connectivity index (χ4n) is 2.61. The van der Waals surface area contributed by atoms with Crippen molar-refractivity contribution in [3.05, 3.63) is 58.7 Å². The van der Waals surface area contributed by atoms with Crippen molar-refractivity contribution in [1.82, 2.24) is 14.9 Å². The van der Waals surface area contributed by atoms with E-state index in [1.165, 1.54) is 19.1 Å². The van der Waals surface area contributed by atoms with Crippen LogP contribution in [0.3, 0.4) is 0 Å². The van der Waals surface area contributed by atoms with Crippen LogP contribution in [0.1, 0.15) is 33.2 Å². The third-order valence-corrected chi connectivity index (χ3v) is 3.92. The Morgan fingerprint density at radius 2 is 1.66 bits per heavy atom. The van der Waals surface area contributed by atoms with Crippen molar-refractivity contribution in [2.24, 2.45) is 0 Å². The van der Waals surface area contributed by atoms with Gasteiger partial charge in [0.15, 0.2) is 5.69 Å². The highest BCUT2D eigenvalue weighted by Crippen LogP contribution is 2.36. The SMILES string of the molecule is Cc1noc(C)c1C(=O)Nc1ccc(-n2nc(C(F)(F)F)cc2C(F)(F)F)cc1. The van der Waals surface area contributed by atoms with Crippen LogP contribution in [-0.2, 0) is 12.4 Å². The summed E-state index contributed by atoms with van der Waals surface area (Å²) in [6.45, 7) is 3.09. The van der Waals surface area contributed by atoms with Crippen molar-refractivity contribution >= 4 is 11.6 Å². The van der Waals surface area contributed by atoms with E-state index in [4.69, 9.17) is 4.52 Å². The molecule has 3 rings (SSSR count). The molecule has 1 N–H and O–H groups in total. The lowest BCUT2D eigenvalue weighted by atomic mass is 10.2. The van der Waals surface area contributed by atoms with Gasteiger partial charge in [0, 0.05) is 11.8 Å². The largest absolute Gasteiger partial charge is 0.435 e. The molecule has 0 saturated carbocycles. The third-order valence-electron chi connectivity index (χ3n) is 3.92. The van der Waals surface area contributed by atoms with Gasteiger partial charge < -0.3 is 9.84 Å². The number of nitrogens with zero attached hydrogens (tertiary/aromatic N) is 3. The van der Waals surface area contributed by atoms with Crippen molar-refractivity contribution < 1.29 is 35.7 Å². The summed E-state index contributed by atoms with van der Waals surface area (Å²) in [6.07, 6.45) is -10.1. The van der Waals surface area contributed by atoms with Crippen LogP contribution in [0.2, 0.25) is 0 Å². The highest BCUT2D eigenvalue weighted by Gasteiger charge is 2.42. The first-order chi connectivity index (χ1) is 13.4. The number of hydrogen-bond donors (Lipinski definition) is 1. The number of benzene rings is 1. The number of carbonyl (C=O) groups is 1. The number of carbonyl (C=O) groups excluding carboxylic acids is 1. The molecule has 0 saturated heterocycles. The normalized spacial score (nSPS) is 12.3. The molecule has 2 heterocycles. The number of hydrogen-bond acceptors (Lipinski definition) is 4. The summed E-state index contributed by atoms with van der Waals surface area (Å²) in [6, 6.07) is 4.62. The van der Waals surface area contributed by atoms with Crippen LogP contribution in [0, 0.1) is 13.8 Å². The zero-order valence-electron chi connectivity index (χ0n) is 14.8. The molecule has 0 fully saturated rings. The molecule has 0 bridgehead atoms. The van der Waals surface area contributed by atoms with Crippen molar-refractivity contribution in [2.45, 2.75) is 26.2 Å². The van der Waals surface area contributed by atoms with E-state index < -0.39 is 29.6 Å². The maximum Gasteiger partial charge on any atom is 0.435 e. The molecule has 0 spiro atoms. The van der Waals surface area contributed by atoms with Crippen molar-refractivity contribution in [2.75, 3.05) is 5.32 Å². The average molecular weight is 418 g/mol. The van der Waals surface area contributed by atoms with E-state index >= 15 is 0 Å². The monoisotopic (exact) mass is 418 g/mol. The summed E-state index contributed by atoms with van der Waals surface area (Å²) >= 11 is 0. The van der Waals surface area contributed by atoms with E-state index in [-0.39, 0.29) is 33.4 Å². The molecule has 0 unspecified atom stereocenters. The highest BCUT2D eigenvalue weighted by molar-refractivity contribution is 6.05.